The lowest BCUT2D eigenvalue weighted by Gasteiger charge is -2.08. The molecule has 0 fully saturated rings. The Balaban J connectivity index is 1.75. The lowest BCUT2D eigenvalue weighted by Crippen LogP contribution is -2.15. The third-order valence-corrected chi connectivity index (χ3v) is 4.09. The van der Waals surface area contributed by atoms with Gasteiger partial charge >= 0.3 is 0 Å². The summed E-state index contributed by atoms with van der Waals surface area (Å²) in [5, 5.41) is 4.26. The van der Waals surface area contributed by atoms with E-state index in [2.05, 4.69) is 27.3 Å². The first-order valence-electron chi connectivity index (χ1n) is 6.08. The minimum atomic E-state index is 0.795. The Kier molecular flexibility index (Phi) is 5.08. The van der Waals surface area contributed by atoms with E-state index in [1.807, 2.05) is 18.2 Å². The van der Waals surface area contributed by atoms with Crippen LogP contribution in [0, 0.1) is 0 Å². The zero-order valence-electron chi connectivity index (χ0n) is 9.81. The van der Waals surface area contributed by atoms with Crippen LogP contribution in [0.15, 0.2) is 34.3 Å². The molecule has 0 saturated heterocycles. The second kappa shape index (κ2) is 6.58. The molecule has 2 rings (SSSR count). The molecule has 3 heteroatoms. The summed E-state index contributed by atoms with van der Waals surface area (Å²) in [6.07, 6.45) is 7.47. The molecule has 0 unspecified atom stereocenters. The molecule has 0 atom stereocenters. The van der Waals surface area contributed by atoms with Crippen molar-refractivity contribution in [2.75, 3.05) is 6.54 Å². The fourth-order valence-corrected chi connectivity index (χ4v) is 2.70. The van der Waals surface area contributed by atoms with E-state index in [4.69, 9.17) is 11.6 Å². The number of rotatable bonds is 5. The van der Waals surface area contributed by atoms with E-state index >= 15 is 0 Å². The van der Waals surface area contributed by atoms with Gasteiger partial charge in [0.2, 0.25) is 0 Å². The second-order valence-corrected chi connectivity index (χ2v) is 5.71. The summed E-state index contributed by atoms with van der Waals surface area (Å²) >= 11 is 9.51. The maximum atomic E-state index is 5.98. The van der Waals surface area contributed by atoms with Crippen LogP contribution in [0.5, 0.6) is 0 Å². The van der Waals surface area contributed by atoms with E-state index in [0.717, 1.165) is 22.6 Å². The number of allylic oxidation sites excluding steroid dienone is 1. The van der Waals surface area contributed by atoms with Gasteiger partial charge in [0.1, 0.15) is 0 Å². The quantitative estimate of drug-likeness (QED) is 0.614. The fraction of sp³-hybridized carbons (Fsp3) is 0.429. The molecule has 0 aliphatic heterocycles. The predicted octanol–water partition coefficient (Wildman–Crippen LogP) is 4.69. The lowest BCUT2D eigenvalue weighted by molar-refractivity contribution is 0.674. The summed E-state index contributed by atoms with van der Waals surface area (Å²) < 4.78 is 1.12. The van der Waals surface area contributed by atoms with E-state index in [1.165, 1.54) is 31.2 Å². The van der Waals surface area contributed by atoms with Gasteiger partial charge in [0.15, 0.2) is 0 Å². The molecular formula is C14H17BrClN. The highest BCUT2D eigenvalue weighted by atomic mass is 79.9. The zero-order valence-corrected chi connectivity index (χ0v) is 12.1. The number of nitrogens with one attached hydrogen (secondary N) is 1. The average molecular weight is 315 g/mol. The number of hydrogen-bond donors (Lipinski definition) is 1. The van der Waals surface area contributed by atoms with Crippen molar-refractivity contribution < 1.29 is 0 Å². The van der Waals surface area contributed by atoms with Crippen molar-refractivity contribution in [3.8, 4) is 0 Å². The number of hydrogen-bond acceptors (Lipinski definition) is 1. The highest BCUT2D eigenvalue weighted by molar-refractivity contribution is 9.10. The van der Waals surface area contributed by atoms with E-state index < -0.39 is 0 Å². The normalized spacial score (nSPS) is 15.1. The van der Waals surface area contributed by atoms with Gasteiger partial charge < -0.3 is 5.32 Å². The average Bonchev–Trinajstić information content (AvgIpc) is 2.82. The third kappa shape index (κ3) is 4.13. The van der Waals surface area contributed by atoms with Crippen molar-refractivity contribution in [3.63, 3.8) is 0 Å². The third-order valence-electron chi connectivity index (χ3n) is 3.08. The summed E-state index contributed by atoms with van der Waals surface area (Å²) in [6.45, 7) is 1.92. The van der Waals surface area contributed by atoms with Crippen molar-refractivity contribution in [2.24, 2.45) is 0 Å². The molecule has 0 heterocycles. The van der Waals surface area contributed by atoms with Crippen LogP contribution in [0.3, 0.4) is 0 Å². The first-order chi connectivity index (χ1) is 8.25. The van der Waals surface area contributed by atoms with Gasteiger partial charge in [-0.15, -0.1) is 0 Å². The molecular weight excluding hydrogens is 298 g/mol. The molecule has 0 amide bonds. The van der Waals surface area contributed by atoms with Crippen molar-refractivity contribution in [3.05, 3.63) is 44.9 Å². The van der Waals surface area contributed by atoms with Gasteiger partial charge in [0, 0.05) is 16.0 Å². The SMILES string of the molecule is Clc1ccc(Br)c(CNCCC2=CCCC2)c1. The van der Waals surface area contributed by atoms with Crippen LogP contribution in [0.2, 0.25) is 5.02 Å². The summed E-state index contributed by atoms with van der Waals surface area (Å²) in [5.41, 5.74) is 2.83. The highest BCUT2D eigenvalue weighted by Gasteiger charge is 2.04. The fourth-order valence-electron chi connectivity index (χ4n) is 2.12. The van der Waals surface area contributed by atoms with Crippen LogP contribution < -0.4 is 5.32 Å². The Morgan fingerprint density at radius 2 is 2.24 bits per heavy atom. The summed E-state index contributed by atoms with van der Waals surface area (Å²) in [7, 11) is 0. The maximum Gasteiger partial charge on any atom is 0.0410 e. The topological polar surface area (TPSA) is 12.0 Å². The Labute approximate surface area is 116 Å². The standard InChI is InChI=1S/C14H17BrClN/c15-14-6-5-13(16)9-12(14)10-17-8-7-11-3-1-2-4-11/h3,5-6,9,17H,1-2,4,7-8,10H2. The van der Waals surface area contributed by atoms with Crippen molar-refractivity contribution in [1.82, 2.24) is 5.32 Å². The van der Waals surface area contributed by atoms with Crippen LogP contribution in [0.1, 0.15) is 31.2 Å². The van der Waals surface area contributed by atoms with Crippen molar-refractivity contribution in [2.45, 2.75) is 32.2 Å². The zero-order chi connectivity index (χ0) is 12.1. The van der Waals surface area contributed by atoms with E-state index in [-0.39, 0.29) is 0 Å². The smallest absolute Gasteiger partial charge is 0.0410 e. The van der Waals surface area contributed by atoms with Gasteiger partial charge in [-0.2, -0.15) is 0 Å². The minimum Gasteiger partial charge on any atom is -0.312 e. The molecule has 1 aromatic carbocycles. The van der Waals surface area contributed by atoms with Crippen LogP contribution in [-0.2, 0) is 6.54 Å². The van der Waals surface area contributed by atoms with Gasteiger partial charge in [0.25, 0.3) is 0 Å². The van der Waals surface area contributed by atoms with Crippen molar-refractivity contribution in [1.29, 1.82) is 0 Å². The van der Waals surface area contributed by atoms with Gasteiger partial charge in [-0.25, -0.2) is 0 Å². The van der Waals surface area contributed by atoms with Crippen LogP contribution in [-0.4, -0.2) is 6.54 Å². The Hall–Kier alpha value is -0.310. The van der Waals surface area contributed by atoms with Crippen LogP contribution in [0.25, 0.3) is 0 Å². The summed E-state index contributed by atoms with van der Waals surface area (Å²) in [4.78, 5) is 0. The highest BCUT2D eigenvalue weighted by Crippen LogP contribution is 2.22. The Morgan fingerprint density at radius 3 is 3.00 bits per heavy atom. The summed E-state index contributed by atoms with van der Waals surface area (Å²) in [5.74, 6) is 0. The molecule has 1 nitrogen and oxygen atoms in total. The number of benzene rings is 1. The van der Waals surface area contributed by atoms with Gasteiger partial charge in [-0.05, 0) is 56.0 Å². The van der Waals surface area contributed by atoms with Gasteiger partial charge in [-0.1, -0.05) is 39.2 Å². The maximum absolute atomic E-state index is 5.98. The summed E-state index contributed by atoms with van der Waals surface area (Å²) in [6, 6.07) is 5.91. The molecule has 0 radical (unpaired) electrons. The second-order valence-electron chi connectivity index (χ2n) is 4.42. The molecule has 17 heavy (non-hydrogen) atoms. The molecule has 0 saturated carbocycles. The lowest BCUT2D eigenvalue weighted by atomic mass is 10.1. The molecule has 1 N–H and O–H groups in total. The van der Waals surface area contributed by atoms with Crippen molar-refractivity contribution >= 4 is 27.5 Å². The number of halogens is 2. The molecule has 1 aromatic rings. The van der Waals surface area contributed by atoms with Gasteiger partial charge in [0.05, 0.1) is 0 Å². The Bertz CT molecular complexity index is 415. The van der Waals surface area contributed by atoms with Crippen LogP contribution >= 0.6 is 27.5 Å². The van der Waals surface area contributed by atoms with E-state index in [0.29, 0.717) is 0 Å². The monoisotopic (exact) mass is 313 g/mol. The minimum absolute atomic E-state index is 0.795. The first-order valence-corrected chi connectivity index (χ1v) is 7.25. The predicted molar refractivity (Wildman–Crippen MR) is 77.4 cm³/mol. The molecule has 0 aromatic heterocycles. The van der Waals surface area contributed by atoms with E-state index in [9.17, 15) is 0 Å². The molecule has 92 valence electrons. The molecule has 1 aliphatic rings. The molecule has 0 spiro atoms. The largest absolute Gasteiger partial charge is 0.312 e. The molecule has 1 aliphatic carbocycles. The molecule has 0 bridgehead atoms. The van der Waals surface area contributed by atoms with Crippen LogP contribution in [0.4, 0.5) is 0 Å². The van der Waals surface area contributed by atoms with Gasteiger partial charge in [-0.3, -0.25) is 0 Å². The first kappa shape index (κ1) is 13.1. The Morgan fingerprint density at radius 1 is 1.35 bits per heavy atom. The van der Waals surface area contributed by atoms with E-state index in [1.54, 1.807) is 5.57 Å².